The highest BCUT2D eigenvalue weighted by Crippen LogP contribution is 2.38. The number of piperidine rings is 1. The number of benzene rings is 1. The zero-order chi connectivity index (χ0) is 18.5. The fraction of sp³-hybridized carbons (Fsp3) is 0.364. The molecule has 3 aliphatic rings. The fourth-order valence-corrected chi connectivity index (χ4v) is 4.88. The van der Waals surface area contributed by atoms with Crippen molar-refractivity contribution in [2.45, 2.75) is 50.4 Å². The average Bonchev–Trinajstić information content (AvgIpc) is 3.37. The van der Waals surface area contributed by atoms with Crippen molar-refractivity contribution in [3.8, 4) is 22.6 Å². The summed E-state index contributed by atoms with van der Waals surface area (Å²) in [6.45, 7) is 0.498. The van der Waals surface area contributed by atoms with E-state index in [0.29, 0.717) is 24.7 Å². The summed E-state index contributed by atoms with van der Waals surface area (Å²) >= 11 is 0. The van der Waals surface area contributed by atoms with Crippen LogP contribution in [0, 0.1) is 0 Å². The van der Waals surface area contributed by atoms with E-state index in [1.54, 1.807) is 6.20 Å². The van der Waals surface area contributed by atoms with Crippen molar-refractivity contribution in [2.24, 2.45) is 0 Å². The Hall–Kier alpha value is -2.86. The van der Waals surface area contributed by atoms with Gasteiger partial charge in [-0.05, 0) is 56.0 Å². The molecule has 1 unspecified atom stereocenters. The molecule has 28 heavy (non-hydrogen) atoms. The van der Waals surface area contributed by atoms with Gasteiger partial charge in [0.15, 0.2) is 0 Å². The predicted octanol–water partition coefficient (Wildman–Crippen LogP) is 3.52. The zero-order valence-electron chi connectivity index (χ0n) is 15.6. The second kappa shape index (κ2) is 6.34. The van der Waals surface area contributed by atoms with Crippen LogP contribution in [-0.2, 0) is 6.61 Å². The Morgan fingerprint density at radius 2 is 1.93 bits per heavy atom. The Labute approximate surface area is 163 Å². The molecule has 2 N–H and O–H groups in total. The lowest BCUT2D eigenvalue weighted by atomic mass is 9.99. The summed E-state index contributed by atoms with van der Waals surface area (Å²) in [5.41, 5.74) is 4.25. The molecule has 6 nitrogen and oxygen atoms in total. The van der Waals surface area contributed by atoms with E-state index in [1.807, 2.05) is 23.0 Å². The Bertz CT molecular complexity index is 1000. The first-order valence-corrected chi connectivity index (χ1v) is 10.1. The number of hydrogen-bond acceptors (Lipinski definition) is 5. The minimum absolute atomic E-state index is 0.498. The van der Waals surface area contributed by atoms with Gasteiger partial charge in [-0.15, -0.1) is 0 Å². The lowest BCUT2D eigenvalue weighted by molar-refractivity contribution is 0.297. The quantitative estimate of drug-likeness (QED) is 0.735. The van der Waals surface area contributed by atoms with Gasteiger partial charge >= 0.3 is 0 Å². The largest absolute Gasteiger partial charge is 0.487 e. The lowest BCUT2D eigenvalue weighted by Crippen LogP contribution is -2.43. The molecule has 0 radical (unpaired) electrons. The molecule has 3 aliphatic heterocycles. The Morgan fingerprint density at radius 3 is 2.75 bits per heavy atom. The van der Waals surface area contributed by atoms with Crippen molar-refractivity contribution in [2.75, 3.05) is 5.32 Å². The highest BCUT2D eigenvalue weighted by atomic mass is 16.5. The third-order valence-electron chi connectivity index (χ3n) is 6.19. The van der Waals surface area contributed by atoms with E-state index in [2.05, 4.69) is 40.0 Å². The molecule has 142 valence electrons. The number of aromatic nitrogens is 3. The highest BCUT2D eigenvalue weighted by Gasteiger charge is 2.33. The van der Waals surface area contributed by atoms with Gasteiger partial charge in [0.05, 0.1) is 11.4 Å². The smallest absolute Gasteiger partial charge is 0.131 e. The van der Waals surface area contributed by atoms with Crippen LogP contribution in [-0.4, -0.2) is 32.9 Å². The number of hydrogen-bond donors (Lipinski definition) is 2. The molecule has 6 rings (SSSR count). The molecule has 0 aliphatic carbocycles. The molecule has 2 bridgehead atoms. The van der Waals surface area contributed by atoms with Crippen molar-refractivity contribution >= 4 is 5.82 Å². The van der Waals surface area contributed by atoms with E-state index in [0.717, 1.165) is 34.1 Å². The third kappa shape index (κ3) is 2.76. The fourth-order valence-electron chi connectivity index (χ4n) is 4.88. The first-order chi connectivity index (χ1) is 13.8. The van der Waals surface area contributed by atoms with E-state index in [4.69, 9.17) is 9.72 Å². The molecule has 5 heterocycles. The Balaban J connectivity index is 1.26. The van der Waals surface area contributed by atoms with Gasteiger partial charge in [-0.2, -0.15) is 5.10 Å². The van der Waals surface area contributed by atoms with Crippen molar-refractivity contribution in [1.82, 2.24) is 20.1 Å². The molecule has 3 atom stereocenters. The number of nitrogens with one attached hydrogen (secondary N) is 2. The van der Waals surface area contributed by atoms with Crippen molar-refractivity contribution < 1.29 is 4.74 Å². The lowest BCUT2D eigenvalue weighted by Gasteiger charge is -2.30. The first-order valence-electron chi connectivity index (χ1n) is 10.1. The zero-order valence-corrected chi connectivity index (χ0v) is 15.6. The van der Waals surface area contributed by atoms with Gasteiger partial charge in [0.25, 0.3) is 0 Å². The summed E-state index contributed by atoms with van der Waals surface area (Å²) < 4.78 is 7.88. The second-order valence-corrected chi connectivity index (χ2v) is 8.06. The van der Waals surface area contributed by atoms with Crippen LogP contribution in [0.25, 0.3) is 16.8 Å². The van der Waals surface area contributed by atoms with Crippen LogP contribution in [0.1, 0.15) is 31.4 Å². The summed E-state index contributed by atoms with van der Waals surface area (Å²) in [4.78, 5) is 4.87. The number of anilines is 1. The molecule has 0 saturated carbocycles. The Kier molecular flexibility index (Phi) is 3.65. The molecule has 6 heteroatoms. The number of rotatable bonds is 3. The van der Waals surface area contributed by atoms with Crippen molar-refractivity contribution in [3.63, 3.8) is 0 Å². The van der Waals surface area contributed by atoms with Gasteiger partial charge in [-0.1, -0.05) is 0 Å². The number of pyridine rings is 1. The van der Waals surface area contributed by atoms with Crippen LogP contribution in [0.2, 0.25) is 0 Å². The van der Waals surface area contributed by atoms with Gasteiger partial charge in [-0.25, -0.2) is 9.67 Å². The number of nitrogens with zero attached hydrogens (tertiary/aromatic N) is 3. The van der Waals surface area contributed by atoms with E-state index in [-0.39, 0.29) is 0 Å². The monoisotopic (exact) mass is 373 g/mol. The molecule has 2 aromatic heterocycles. The Morgan fingerprint density at radius 1 is 1.07 bits per heavy atom. The standard InChI is InChI=1S/C22H23N5O/c1-8-23-27(9-1)17-4-5-19-18-6-7-22(26-20(18)13-28-21(19)12-17)25-16-10-14-2-3-15(11-16)24-14/h1,4-9,12,14-16,24H,2-3,10-11,13H2,(H,25,26)/t14-,15+,16?. The van der Waals surface area contributed by atoms with Gasteiger partial charge in [0.2, 0.25) is 0 Å². The third-order valence-corrected chi connectivity index (χ3v) is 6.19. The molecule has 2 saturated heterocycles. The van der Waals surface area contributed by atoms with E-state index in [1.165, 1.54) is 25.7 Å². The summed E-state index contributed by atoms with van der Waals surface area (Å²) in [5, 5.41) is 11.7. The van der Waals surface area contributed by atoms with E-state index >= 15 is 0 Å². The summed E-state index contributed by atoms with van der Waals surface area (Å²) in [6.07, 6.45) is 8.71. The summed E-state index contributed by atoms with van der Waals surface area (Å²) in [6, 6.07) is 14.3. The SMILES string of the molecule is c1cnn(-c2ccc3c(c2)OCc2nc(NC4C[C@H]5CC[C@@H](C4)N5)ccc2-3)c1. The van der Waals surface area contributed by atoms with E-state index in [9.17, 15) is 0 Å². The summed E-state index contributed by atoms with van der Waals surface area (Å²) in [7, 11) is 0. The second-order valence-electron chi connectivity index (χ2n) is 8.06. The maximum atomic E-state index is 6.04. The number of ether oxygens (including phenoxy) is 1. The van der Waals surface area contributed by atoms with Crippen LogP contribution in [0.3, 0.4) is 0 Å². The minimum atomic E-state index is 0.498. The normalized spacial score (nSPS) is 24.9. The van der Waals surface area contributed by atoms with Crippen LogP contribution in [0.5, 0.6) is 5.75 Å². The van der Waals surface area contributed by atoms with Crippen molar-refractivity contribution in [3.05, 3.63) is 54.5 Å². The van der Waals surface area contributed by atoms with Crippen molar-refractivity contribution in [1.29, 1.82) is 0 Å². The van der Waals surface area contributed by atoms with Crippen LogP contribution in [0.15, 0.2) is 48.8 Å². The topological polar surface area (TPSA) is 64.0 Å². The molecule has 2 fully saturated rings. The molecule has 0 amide bonds. The average molecular weight is 373 g/mol. The highest BCUT2D eigenvalue weighted by molar-refractivity contribution is 5.76. The van der Waals surface area contributed by atoms with Gasteiger partial charge in [0, 0.05) is 47.7 Å². The molecule has 3 aromatic rings. The summed E-state index contributed by atoms with van der Waals surface area (Å²) in [5.74, 6) is 1.85. The first kappa shape index (κ1) is 16.1. The van der Waals surface area contributed by atoms with Gasteiger partial charge in [0.1, 0.15) is 18.2 Å². The molecular formula is C22H23N5O. The van der Waals surface area contributed by atoms with Gasteiger partial charge in [-0.3, -0.25) is 0 Å². The van der Waals surface area contributed by atoms with E-state index < -0.39 is 0 Å². The molecular weight excluding hydrogens is 350 g/mol. The van der Waals surface area contributed by atoms with Crippen LogP contribution >= 0.6 is 0 Å². The molecule has 0 spiro atoms. The predicted molar refractivity (Wildman–Crippen MR) is 108 cm³/mol. The molecule has 1 aromatic carbocycles. The van der Waals surface area contributed by atoms with Crippen LogP contribution < -0.4 is 15.4 Å². The maximum Gasteiger partial charge on any atom is 0.131 e. The van der Waals surface area contributed by atoms with Crippen LogP contribution in [0.4, 0.5) is 5.82 Å². The maximum absolute atomic E-state index is 6.04. The number of fused-ring (bicyclic) bond motifs is 5. The van der Waals surface area contributed by atoms with Gasteiger partial charge < -0.3 is 15.4 Å². The minimum Gasteiger partial charge on any atom is -0.487 e.